The lowest BCUT2D eigenvalue weighted by atomic mass is 10.0. The quantitative estimate of drug-likeness (QED) is 0.685. The molecule has 0 saturated carbocycles. The minimum Gasteiger partial charge on any atom is -0.356 e. The molecular formula is C15H26N4S. The third-order valence-corrected chi connectivity index (χ3v) is 4.78. The fourth-order valence-electron chi connectivity index (χ4n) is 2.64. The van der Waals surface area contributed by atoms with Crippen LogP contribution in [0.4, 0.5) is 0 Å². The van der Waals surface area contributed by atoms with E-state index in [-0.39, 0.29) is 0 Å². The van der Waals surface area contributed by atoms with Gasteiger partial charge in [0.15, 0.2) is 5.96 Å². The zero-order valence-electron chi connectivity index (χ0n) is 12.9. The highest BCUT2D eigenvalue weighted by molar-refractivity contribution is 7.09. The van der Waals surface area contributed by atoms with Crippen LogP contribution in [0, 0.1) is 5.92 Å². The number of hydrogen-bond donors (Lipinski definition) is 1. The number of nitrogens with zero attached hydrogens (tertiary/aromatic N) is 3. The van der Waals surface area contributed by atoms with Crippen molar-refractivity contribution in [1.29, 1.82) is 0 Å². The van der Waals surface area contributed by atoms with Crippen molar-refractivity contribution in [2.24, 2.45) is 10.9 Å². The van der Waals surface area contributed by atoms with Gasteiger partial charge in [-0.1, -0.05) is 13.8 Å². The number of aliphatic imine (C=N–C) groups is 1. The number of rotatable bonds is 4. The summed E-state index contributed by atoms with van der Waals surface area (Å²) < 4.78 is 0. The molecule has 1 aromatic heterocycles. The number of likely N-dealkylation sites (tertiary alicyclic amines) is 1. The van der Waals surface area contributed by atoms with Crippen LogP contribution in [0.3, 0.4) is 0 Å². The first-order valence-corrected chi connectivity index (χ1v) is 8.49. The van der Waals surface area contributed by atoms with Crippen LogP contribution in [0.2, 0.25) is 0 Å². The van der Waals surface area contributed by atoms with E-state index in [4.69, 9.17) is 0 Å². The second kappa shape index (κ2) is 7.62. The molecule has 1 saturated heterocycles. The second-order valence-electron chi connectivity index (χ2n) is 5.50. The minimum absolute atomic E-state index is 0.771. The summed E-state index contributed by atoms with van der Waals surface area (Å²) in [7, 11) is 1.87. The molecule has 1 atom stereocenters. The molecule has 1 fully saturated rings. The zero-order valence-corrected chi connectivity index (χ0v) is 13.7. The Morgan fingerprint density at radius 1 is 1.60 bits per heavy atom. The van der Waals surface area contributed by atoms with Crippen LogP contribution in [0.5, 0.6) is 0 Å². The summed E-state index contributed by atoms with van der Waals surface area (Å²) >= 11 is 1.76. The van der Waals surface area contributed by atoms with E-state index < -0.39 is 0 Å². The van der Waals surface area contributed by atoms with Crippen molar-refractivity contribution in [1.82, 2.24) is 15.2 Å². The molecule has 0 aliphatic carbocycles. The Kier molecular flexibility index (Phi) is 5.83. The summed E-state index contributed by atoms with van der Waals surface area (Å²) in [5, 5.41) is 6.88. The molecule has 5 heteroatoms. The average Bonchev–Trinajstić information content (AvgIpc) is 2.91. The average molecular weight is 294 g/mol. The van der Waals surface area contributed by atoms with E-state index in [1.54, 1.807) is 11.3 Å². The third kappa shape index (κ3) is 4.20. The second-order valence-corrected chi connectivity index (χ2v) is 6.45. The Morgan fingerprint density at radius 3 is 3.10 bits per heavy atom. The lowest BCUT2D eigenvalue weighted by Gasteiger charge is -2.33. The first-order valence-electron chi connectivity index (χ1n) is 7.61. The highest BCUT2D eigenvalue weighted by Crippen LogP contribution is 2.15. The van der Waals surface area contributed by atoms with Crippen LogP contribution in [0.15, 0.2) is 10.4 Å². The van der Waals surface area contributed by atoms with Crippen molar-refractivity contribution in [3.05, 3.63) is 16.1 Å². The summed E-state index contributed by atoms with van der Waals surface area (Å²) in [6.45, 7) is 7.63. The van der Waals surface area contributed by atoms with Crippen LogP contribution in [0.1, 0.15) is 37.4 Å². The van der Waals surface area contributed by atoms with Gasteiger partial charge in [-0.2, -0.15) is 0 Å². The summed E-state index contributed by atoms with van der Waals surface area (Å²) in [6, 6.07) is 0. The number of hydrogen-bond acceptors (Lipinski definition) is 3. The highest BCUT2D eigenvalue weighted by atomic mass is 32.1. The summed E-state index contributed by atoms with van der Waals surface area (Å²) in [4.78, 5) is 11.4. The van der Waals surface area contributed by atoms with Gasteiger partial charge in [0.2, 0.25) is 0 Å². The summed E-state index contributed by atoms with van der Waals surface area (Å²) in [6.07, 6.45) is 4.62. The summed E-state index contributed by atoms with van der Waals surface area (Å²) in [5.41, 5.74) is 1.20. The summed E-state index contributed by atoms with van der Waals surface area (Å²) in [5.74, 6) is 1.82. The first kappa shape index (κ1) is 15.3. The third-order valence-electron chi connectivity index (χ3n) is 3.73. The van der Waals surface area contributed by atoms with Crippen molar-refractivity contribution in [3.63, 3.8) is 0 Å². The van der Waals surface area contributed by atoms with Gasteiger partial charge < -0.3 is 10.2 Å². The number of thiazole rings is 1. The van der Waals surface area contributed by atoms with E-state index >= 15 is 0 Å². The molecule has 1 unspecified atom stereocenters. The predicted molar refractivity (Wildman–Crippen MR) is 86.5 cm³/mol. The highest BCUT2D eigenvalue weighted by Gasteiger charge is 2.18. The maximum atomic E-state index is 4.60. The fraction of sp³-hybridized carbons (Fsp3) is 0.733. The Bertz CT molecular complexity index is 441. The predicted octanol–water partition coefficient (Wildman–Crippen LogP) is 2.56. The van der Waals surface area contributed by atoms with Crippen molar-refractivity contribution >= 4 is 17.3 Å². The van der Waals surface area contributed by atoms with Gasteiger partial charge >= 0.3 is 0 Å². The van der Waals surface area contributed by atoms with E-state index in [0.717, 1.165) is 44.4 Å². The molecule has 0 amide bonds. The van der Waals surface area contributed by atoms with E-state index in [1.807, 2.05) is 7.05 Å². The normalized spacial score (nSPS) is 20.2. The van der Waals surface area contributed by atoms with Gasteiger partial charge in [-0.15, -0.1) is 11.3 Å². The Hall–Kier alpha value is -1.10. The number of nitrogens with one attached hydrogen (secondary N) is 1. The Labute approximate surface area is 126 Å². The lowest BCUT2D eigenvalue weighted by molar-refractivity contribution is 0.266. The van der Waals surface area contributed by atoms with Crippen molar-refractivity contribution in [2.75, 3.05) is 26.7 Å². The molecular weight excluding hydrogens is 268 g/mol. The van der Waals surface area contributed by atoms with Gasteiger partial charge in [0.25, 0.3) is 0 Å². The van der Waals surface area contributed by atoms with Crippen LogP contribution in [-0.2, 0) is 12.8 Å². The molecule has 2 heterocycles. The number of aromatic nitrogens is 1. The lowest BCUT2D eigenvalue weighted by Crippen LogP contribution is -2.46. The monoisotopic (exact) mass is 294 g/mol. The molecule has 0 spiro atoms. The van der Waals surface area contributed by atoms with E-state index in [0.29, 0.717) is 0 Å². The molecule has 20 heavy (non-hydrogen) atoms. The van der Waals surface area contributed by atoms with Crippen LogP contribution >= 0.6 is 11.3 Å². The van der Waals surface area contributed by atoms with Crippen molar-refractivity contribution < 1.29 is 0 Å². The Balaban J connectivity index is 1.79. The zero-order chi connectivity index (χ0) is 14.4. The van der Waals surface area contributed by atoms with Gasteiger partial charge in [-0.25, -0.2) is 4.98 Å². The minimum atomic E-state index is 0.771. The van der Waals surface area contributed by atoms with Gasteiger partial charge in [0, 0.05) is 38.5 Å². The molecule has 4 nitrogen and oxygen atoms in total. The molecule has 112 valence electrons. The molecule has 1 N–H and O–H groups in total. The molecule has 1 aliphatic heterocycles. The first-order chi connectivity index (χ1) is 9.72. The number of aryl methyl sites for hydroxylation is 1. The van der Waals surface area contributed by atoms with E-state index in [9.17, 15) is 0 Å². The number of guanidine groups is 1. The maximum Gasteiger partial charge on any atom is 0.193 e. The van der Waals surface area contributed by atoms with Crippen molar-refractivity contribution in [2.45, 2.75) is 39.5 Å². The van der Waals surface area contributed by atoms with Crippen molar-refractivity contribution in [3.8, 4) is 0 Å². The van der Waals surface area contributed by atoms with Gasteiger partial charge in [0.05, 0.1) is 10.7 Å². The maximum absolute atomic E-state index is 4.60. The van der Waals surface area contributed by atoms with E-state index in [1.165, 1.54) is 23.5 Å². The fourth-order valence-corrected chi connectivity index (χ4v) is 3.42. The van der Waals surface area contributed by atoms with E-state index in [2.05, 4.69) is 39.4 Å². The molecule has 0 aromatic carbocycles. The molecule has 2 rings (SSSR count). The molecule has 1 aliphatic rings. The molecule has 1 aromatic rings. The van der Waals surface area contributed by atoms with Crippen LogP contribution in [0.25, 0.3) is 0 Å². The number of piperidine rings is 1. The Morgan fingerprint density at radius 2 is 2.45 bits per heavy atom. The SMILES string of the molecule is CCc1nc(CCNC(=NC)N2CCCC(C)C2)cs1. The molecule has 0 bridgehead atoms. The smallest absolute Gasteiger partial charge is 0.193 e. The topological polar surface area (TPSA) is 40.5 Å². The standard InChI is InChI=1S/C15H26N4S/c1-4-14-18-13(11-20-14)7-8-17-15(16-3)19-9-5-6-12(2)10-19/h11-12H,4-10H2,1-3H3,(H,16,17). The van der Waals surface area contributed by atoms with Gasteiger partial charge in [0.1, 0.15) is 0 Å². The van der Waals surface area contributed by atoms with Gasteiger partial charge in [-0.05, 0) is 25.2 Å². The largest absolute Gasteiger partial charge is 0.356 e. The van der Waals surface area contributed by atoms with Crippen LogP contribution in [-0.4, -0.2) is 42.5 Å². The molecule has 0 radical (unpaired) electrons. The van der Waals surface area contributed by atoms with Crippen LogP contribution < -0.4 is 5.32 Å². The van der Waals surface area contributed by atoms with Gasteiger partial charge in [-0.3, -0.25) is 4.99 Å².